The number of carbonyl (C=O) groups is 1. The van der Waals surface area contributed by atoms with E-state index in [2.05, 4.69) is 33.3 Å². The molecule has 128 valence electrons. The van der Waals surface area contributed by atoms with Gasteiger partial charge in [0.25, 0.3) is 5.91 Å². The number of nitrogens with zero attached hydrogens (tertiary/aromatic N) is 2. The zero-order chi connectivity index (χ0) is 17.2. The van der Waals surface area contributed by atoms with Gasteiger partial charge in [-0.05, 0) is 61.8 Å². The second kappa shape index (κ2) is 6.69. The molecule has 0 bridgehead atoms. The number of aromatic nitrogens is 2. The smallest absolute Gasteiger partial charge is 0.251 e. The molecule has 1 saturated heterocycles. The summed E-state index contributed by atoms with van der Waals surface area (Å²) in [5, 5.41) is 4.18. The Labute approximate surface area is 147 Å². The molecule has 0 unspecified atom stereocenters. The van der Waals surface area contributed by atoms with E-state index in [1.807, 2.05) is 42.7 Å². The van der Waals surface area contributed by atoms with Gasteiger partial charge in [0, 0.05) is 47.6 Å². The summed E-state index contributed by atoms with van der Waals surface area (Å²) in [5.41, 5.74) is 2.97. The highest BCUT2D eigenvalue weighted by Crippen LogP contribution is 2.35. The first-order valence-electron chi connectivity index (χ1n) is 8.68. The lowest BCUT2D eigenvalue weighted by Gasteiger charge is -2.25. The van der Waals surface area contributed by atoms with Gasteiger partial charge in [-0.2, -0.15) is 0 Å². The van der Waals surface area contributed by atoms with E-state index in [1.165, 1.54) is 5.56 Å². The molecule has 0 saturated carbocycles. The number of hydrogen-bond donors (Lipinski definition) is 2. The summed E-state index contributed by atoms with van der Waals surface area (Å²) in [6.07, 6.45) is 6.69. The summed E-state index contributed by atoms with van der Waals surface area (Å²) >= 11 is 0. The molecule has 2 atom stereocenters. The number of hydrogen-bond acceptors (Lipinski definition) is 3. The molecular formula is C20H22N4O. The SMILES string of the molecule is CN1CC[C@@H](CNC(=O)c2ccc3[nH]ccc3c2)[C@@H]1c1cccnc1. The predicted molar refractivity (Wildman–Crippen MR) is 98.3 cm³/mol. The van der Waals surface area contributed by atoms with Crippen molar-refractivity contribution < 1.29 is 4.79 Å². The minimum atomic E-state index is -0.0115. The van der Waals surface area contributed by atoms with E-state index in [-0.39, 0.29) is 5.91 Å². The van der Waals surface area contributed by atoms with Crippen molar-refractivity contribution in [1.29, 1.82) is 0 Å². The number of nitrogens with one attached hydrogen (secondary N) is 2. The number of carbonyl (C=O) groups excluding carboxylic acids is 1. The molecule has 1 aliphatic heterocycles. The van der Waals surface area contributed by atoms with E-state index >= 15 is 0 Å². The fourth-order valence-corrected chi connectivity index (χ4v) is 3.84. The van der Waals surface area contributed by atoms with Gasteiger partial charge in [0.1, 0.15) is 0 Å². The van der Waals surface area contributed by atoms with Crippen LogP contribution in [0.3, 0.4) is 0 Å². The summed E-state index contributed by atoms with van der Waals surface area (Å²) in [7, 11) is 2.14. The molecule has 0 radical (unpaired) electrons. The quantitative estimate of drug-likeness (QED) is 0.771. The van der Waals surface area contributed by atoms with Gasteiger partial charge in [-0.3, -0.25) is 14.7 Å². The van der Waals surface area contributed by atoms with Crippen molar-refractivity contribution in [3.05, 3.63) is 66.1 Å². The van der Waals surface area contributed by atoms with E-state index < -0.39 is 0 Å². The van der Waals surface area contributed by atoms with Crippen molar-refractivity contribution in [2.24, 2.45) is 5.92 Å². The van der Waals surface area contributed by atoms with Gasteiger partial charge >= 0.3 is 0 Å². The Hall–Kier alpha value is -2.66. The molecule has 0 aliphatic carbocycles. The summed E-state index contributed by atoms with van der Waals surface area (Å²) in [6, 6.07) is 12.1. The van der Waals surface area contributed by atoms with Crippen LogP contribution in [0.2, 0.25) is 0 Å². The molecule has 4 rings (SSSR count). The Balaban J connectivity index is 1.45. The third-order valence-corrected chi connectivity index (χ3v) is 5.14. The molecule has 1 fully saturated rings. The summed E-state index contributed by atoms with van der Waals surface area (Å²) in [6.45, 7) is 1.71. The lowest BCUT2D eigenvalue weighted by Crippen LogP contribution is -2.32. The molecule has 1 amide bonds. The number of fused-ring (bicyclic) bond motifs is 1. The second-order valence-electron chi connectivity index (χ2n) is 6.75. The zero-order valence-electron chi connectivity index (χ0n) is 14.3. The van der Waals surface area contributed by atoms with Crippen molar-refractivity contribution in [2.75, 3.05) is 20.1 Å². The monoisotopic (exact) mass is 334 g/mol. The minimum absolute atomic E-state index is 0.0115. The molecule has 1 aliphatic rings. The van der Waals surface area contributed by atoms with Crippen molar-refractivity contribution in [2.45, 2.75) is 12.5 Å². The highest BCUT2D eigenvalue weighted by molar-refractivity contribution is 5.98. The first kappa shape index (κ1) is 15.8. The van der Waals surface area contributed by atoms with Crippen LogP contribution in [0.1, 0.15) is 28.4 Å². The van der Waals surface area contributed by atoms with Crippen molar-refractivity contribution in [3.8, 4) is 0 Å². The topological polar surface area (TPSA) is 61.0 Å². The van der Waals surface area contributed by atoms with Crippen LogP contribution >= 0.6 is 0 Å². The first-order valence-corrected chi connectivity index (χ1v) is 8.68. The molecule has 5 nitrogen and oxygen atoms in total. The normalized spacial score (nSPS) is 20.8. The Morgan fingerprint density at radius 3 is 3.12 bits per heavy atom. The number of pyridine rings is 1. The minimum Gasteiger partial charge on any atom is -0.361 e. The molecule has 3 aromatic rings. The molecule has 2 aromatic heterocycles. The van der Waals surface area contributed by atoms with Gasteiger partial charge in [0.15, 0.2) is 0 Å². The first-order chi connectivity index (χ1) is 12.2. The maximum atomic E-state index is 12.5. The van der Waals surface area contributed by atoms with Gasteiger partial charge < -0.3 is 10.3 Å². The highest BCUT2D eigenvalue weighted by atomic mass is 16.1. The Bertz CT molecular complexity index is 874. The molecule has 25 heavy (non-hydrogen) atoms. The maximum Gasteiger partial charge on any atom is 0.251 e. The molecule has 5 heteroatoms. The summed E-state index contributed by atoms with van der Waals surface area (Å²) < 4.78 is 0. The van der Waals surface area contributed by atoms with Crippen LogP contribution < -0.4 is 5.32 Å². The number of amides is 1. The van der Waals surface area contributed by atoms with Gasteiger partial charge in [0.2, 0.25) is 0 Å². The Morgan fingerprint density at radius 1 is 1.36 bits per heavy atom. The standard InChI is InChI=1S/C20H22N4O/c1-24-10-7-17(19(24)16-3-2-8-21-12-16)13-23-20(25)15-4-5-18-14(11-15)6-9-22-18/h2-6,8-9,11-12,17,19,22H,7,10,13H2,1H3,(H,23,25)/t17-,19-/m0/s1. The van der Waals surface area contributed by atoms with Crippen LogP contribution in [0.25, 0.3) is 10.9 Å². The molecule has 3 heterocycles. The average Bonchev–Trinajstić information content (AvgIpc) is 3.26. The third kappa shape index (κ3) is 3.15. The summed E-state index contributed by atoms with van der Waals surface area (Å²) in [5.74, 6) is 0.386. The molecule has 1 aromatic carbocycles. The van der Waals surface area contributed by atoms with Crippen LogP contribution in [-0.2, 0) is 0 Å². The fourth-order valence-electron chi connectivity index (χ4n) is 3.84. The number of likely N-dealkylation sites (tertiary alicyclic amines) is 1. The molecule has 0 spiro atoms. The van der Waals surface area contributed by atoms with E-state index in [0.29, 0.717) is 24.1 Å². The number of rotatable bonds is 4. The van der Waals surface area contributed by atoms with Crippen LogP contribution in [0.15, 0.2) is 55.0 Å². The summed E-state index contributed by atoms with van der Waals surface area (Å²) in [4.78, 5) is 22.3. The van der Waals surface area contributed by atoms with Crippen molar-refractivity contribution >= 4 is 16.8 Å². The van der Waals surface area contributed by atoms with Gasteiger partial charge in [-0.25, -0.2) is 0 Å². The van der Waals surface area contributed by atoms with Crippen molar-refractivity contribution in [1.82, 2.24) is 20.2 Å². The van der Waals surface area contributed by atoms with E-state index in [4.69, 9.17) is 0 Å². The van der Waals surface area contributed by atoms with E-state index in [0.717, 1.165) is 23.9 Å². The number of aromatic amines is 1. The van der Waals surface area contributed by atoms with Crippen LogP contribution in [0, 0.1) is 5.92 Å². The Morgan fingerprint density at radius 2 is 2.28 bits per heavy atom. The third-order valence-electron chi connectivity index (χ3n) is 5.14. The fraction of sp³-hybridized carbons (Fsp3) is 0.300. The largest absolute Gasteiger partial charge is 0.361 e. The van der Waals surface area contributed by atoms with E-state index in [9.17, 15) is 4.79 Å². The second-order valence-corrected chi connectivity index (χ2v) is 6.75. The maximum absolute atomic E-state index is 12.5. The van der Waals surface area contributed by atoms with Crippen LogP contribution in [0.5, 0.6) is 0 Å². The number of benzene rings is 1. The van der Waals surface area contributed by atoms with E-state index in [1.54, 1.807) is 6.20 Å². The predicted octanol–water partition coefficient (Wildman–Crippen LogP) is 2.99. The lowest BCUT2D eigenvalue weighted by atomic mass is 9.94. The molecule has 2 N–H and O–H groups in total. The molecular weight excluding hydrogens is 312 g/mol. The van der Waals surface area contributed by atoms with Gasteiger partial charge in [-0.1, -0.05) is 6.07 Å². The Kier molecular flexibility index (Phi) is 4.24. The number of H-pyrrole nitrogens is 1. The average molecular weight is 334 g/mol. The van der Waals surface area contributed by atoms with Crippen LogP contribution in [-0.4, -0.2) is 40.9 Å². The van der Waals surface area contributed by atoms with Gasteiger partial charge in [-0.15, -0.1) is 0 Å². The zero-order valence-corrected chi connectivity index (χ0v) is 14.3. The van der Waals surface area contributed by atoms with Crippen molar-refractivity contribution in [3.63, 3.8) is 0 Å². The van der Waals surface area contributed by atoms with Gasteiger partial charge in [0.05, 0.1) is 0 Å². The highest BCUT2D eigenvalue weighted by Gasteiger charge is 2.33. The lowest BCUT2D eigenvalue weighted by molar-refractivity contribution is 0.0943. The van der Waals surface area contributed by atoms with Crippen LogP contribution in [0.4, 0.5) is 0 Å².